The third kappa shape index (κ3) is 4.47. The Morgan fingerprint density at radius 1 is 1.35 bits per heavy atom. The van der Waals surface area contributed by atoms with E-state index in [-0.39, 0.29) is 5.75 Å². The van der Waals surface area contributed by atoms with Gasteiger partial charge in [-0.3, -0.25) is 9.20 Å². The number of amides is 2. The van der Waals surface area contributed by atoms with Crippen molar-refractivity contribution in [3.05, 3.63) is 20.9 Å². The molecule has 9 nitrogen and oxygen atoms in total. The van der Waals surface area contributed by atoms with E-state index >= 15 is 0 Å². The number of ether oxygens (including phenoxy) is 1. The second kappa shape index (κ2) is 8.90. The van der Waals surface area contributed by atoms with Gasteiger partial charge in [-0.2, -0.15) is 0 Å². The van der Waals surface area contributed by atoms with E-state index in [0.717, 1.165) is 37.8 Å². The van der Waals surface area contributed by atoms with Crippen LogP contribution in [0, 0.1) is 0 Å². The monoisotopic (exact) mass is 400 g/mol. The third-order valence-electron chi connectivity index (χ3n) is 3.73. The Labute approximate surface area is 157 Å². The number of aryl methyl sites for hydroxylation is 2. The number of urea groups is 1. The van der Waals surface area contributed by atoms with Crippen LogP contribution in [-0.2, 0) is 12.8 Å². The van der Waals surface area contributed by atoms with Crippen molar-refractivity contribution in [2.24, 2.45) is 5.73 Å². The van der Waals surface area contributed by atoms with Crippen LogP contribution in [0.3, 0.4) is 0 Å². The van der Waals surface area contributed by atoms with Crippen LogP contribution < -0.4 is 21.3 Å². The van der Waals surface area contributed by atoms with Crippen molar-refractivity contribution in [3.8, 4) is 5.75 Å². The molecular weight excluding hydrogens is 380 g/mol. The van der Waals surface area contributed by atoms with E-state index in [1.54, 1.807) is 6.26 Å². The maximum atomic E-state index is 12.6. The molecular formula is C15H20N4O5S2. The van der Waals surface area contributed by atoms with Gasteiger partial charge in [0.25, 0.3) is 0 Å². The summed E-state index contributed by atoms with van der Waals surface area (Å²) < 4.78 is 6.20. The topological polar surface area (TPSA) is 136 Å². The Balaban J connectivity index is 0.000000431. The van der Waals surface area contributed by atoms with Crippen LogP contribution in [-0.4, -0.2) is 40.0 Å². The number of hydrogen-bond acceptors (Lipinski definition) is 7. The second-order valence-electron chi connectivity index (χ2n) is 5.39. The van der Waals surface area contributed by atoms with Crippen molar-refractivity contribution in [3.63, 3.8) is 0 Å². The lowest BCUT2D eigenvalue weighted by Gasteiger charge is -2.06. The highest BCUT2D eigenvalue weighted by Gasteiger charge is 2.23. The van der Waals surface area contributed by atoms with Crippen molar-refractivity contribution in [2.75, 3.05) is 13.3 Å². The maximum Gasteiger partial charge on any atom is 0.511 e. The van der Waals surface area contributed by atoms with E-state index in [4.69, 9.17) is 5.11 Å². The Morgan fingerprint density at radius 2 is 2.00 bits per heavy atom. The summed E-state index contributed by atoms with van der Waals surface area (Å²) in [5, 5.41) is 11.3. The number of rotatable bonds is 2. The molecule has 26 heavy (non-hydrogen) atoms. The molecule has 0 atom stereocenters. The molecule has 0 saturated heterocycles. The van der Waals surface area contributed by atoms with Gasteiger partial charge in [-0.25, -0.2) is 14.6 Å². The van der Waals surface area contributed by atoms with Gasteiger partial charge >= 0.3 is 17.7 Å². The number of carbonyl (C=O) groups is 2. The number of primary amides is 1. The van der Waals surface area contributed by atoms with E-state index in [2.05, 4.69) is 20.8 Å². The van der Waals surface area contributed by atoms with Gasteiger partial charge in [0.2, 0.25) is 5.75 Å². The van der Waals surface area contributed by atoms with Crippen molar-refractivity contribution < 1.29 is 19.4 Å². The Kier molecular flexibility index (Phi) is 6.86. The molecule has 0 saturated carbocycles. The molecule has 4 N–H and O–H groups in total. The third-order valence-corrected chi connectivity index (χ3v) is 5.54. The molecule has 0 bridgehead atoms. The molecule has 0 fully saturated rings. The Hall–Kier alpha value is -2.27. The smallest absolute Gasteiger partial charge is 0.449 e. The highest BCUT2D eigenvalue weighted by molar-refractivity contribution is 7.98. The molecule has 11 heteroatoms. The molecule has 2 heterocycles. The van der Waals surface area contributed by atoms with Crippen LogP contribution >= 0.6 is 23.1 Å². The summed E-state index contributed by atoms with van der Waals surface area (Å²) in [6.07, 6.45) is 5.31. The lowest BCUT2D eigenvalue weighted by molar-refractivity contribution is 0.142. The van der Waals surface area contributed by atoms with Gasteiger partial charge in [-0.05, 0) is 31.9 Å². The summed E-state index contributed by atoms with van der Waals surface area (Å²) in [4.78, 5) is 39.1. The molecule has 0 aromatic carbocycles. The summed E-state index contributed by atoms with van der Waals surface area (Å²) in [6, 6.07) is -0.495. The van der Waals surface area contributed by atoms with Gasteiger partial charge < -0.3 is 20.9 Å². The van der Waals surface area contributed by atoms with Gasteiger partial charge in [0.1, 0.15) is 5.03 Å². The lowest BCUT2D eigenvalue weighted by Crippen LogP contribution is -2.24. The average Bonchev–Trinajstić information content (AvgIpc) is 2.78. The second-order valence-corrected chi connectivity index (χ2v) is 7.25. The van der Waals surface area contributed by atoms with Crippen LogP contribution in [0.4, 0.5) is 9.59 Å². The fourth-order valence-electron chi connectivity index (χ4n) is 2.58. The maximum absolute atomic E-state index is 12.6. The Bertz CT molecular complexity index is 877. The predicted molar refractivity (Wildman–Crippen MR) is 99.7 cm³/mol. The molecule has 0 spiro atoms. The van der Waals surface area contributed by atoms with Crippen molar-refractivity contribution in [1.82, 2.24) is 14.7 Å². The predicted octanol–water partition coefficient (Wildman–Crippen LogP) is 2.09. The number of aromatic nitrogens is 2. The molecule has 1 aliphatic carbocycles. The SMILES string of the molecule is CNC(N)=O.CSc1nc2sc3c(n2c(=O)c1OC(=O)O)CCCCC3. The number of carbonyl (C=O) groups excluding carboxylic acids is 1. The van der Waals surface area contributed by atoms with Gasteiger partial charge in [-0.1, -0.05) is 6.42 Å². The van der Waals surface area contributed by atoms with Crippen molar-refractivity contribution in [1.29, 1.82) is 0 Å². The average molecular weight is 400 g/mol. The van der Waals surface area contributed by atoms with Crippen molar-refractivity contribution >= 4 is 40.2 Å². The molecule has 2 amide bonds. The van der Waals surface area contributed by atoms with E-state index in [1.807, 2.05) is 0 Å². The highest BCUT2D eigenvalue weighted by atomic mass is 32.2. The zero-order valence-electron chi connectivity index (χ0n) is 14.4. The van der Waals surface area contributed by atoms with Crippen LogP contribution in [0.5, 0.6) is 5.75 Å². The van der Waals surface area contributed by atoms with Gasteiger partial charge in [0.15, 0.2) is 4.96 Å². The molecule has 3 rings (SSSR count). The first-order chi connectivity index (χ1) is 12.4. The summed E-state index contributed by atoms with van der Waals surface area (Å²) >= 11 is 2.73. The van der Waals surface area contributed by atoms with E-state index < -0.39 is 17.7 Å². The molecule has 0 radical (unpaired) electrons. The minimum Gasteiger partial charge on any atom is -0.449 e. The minimum atomic E-state index is -1.49. The van der Waals surface area contributed by atoms with E-state index in [1.165, 1.54) is 39.4 Å². The molecule has 0 aliphatic heterocycles. The number of nitrogens with one attached hydrogen (secondary N) is 1. The highest BCUT2D eigenvalue weighted by Crippen LogP contribution is 2.31. The van der Waals surface area contributed by atoms with Crippen LogP contribution in [0.15, 0.2) is 9.82 Å². The molecule has 142 valence electrons. The summed E-state index contributed by atoms with van der Waals surface area (Å²) in [7, 11) is 1.47. The number of hydrogen-bond donors (Lipinski definition) is 3. The fourth-order valence-corrected chi connectivity index (χ4v) is 4.33. The zero-order chi connectivity index (χ0) is 19.3. The zero-order valence-corrected chi connectivity index (χ0v) is 16.0. The normalized spacial score (nSPS) is 13.2. The first-order valence-corrected chi connectivity index (χ1v) is 9.92. The summed E-state index contributed by atoms with van der Waals surface area (Å²) in [5.41, 5.74) is 5.08. The number of fused-ring (bicyclic) bond motifs is 3. The summed E-state index contributed by atoms with van der Waals surface area (Å²) in [6.45, 7) is 0. The van der Waals surface area contributed by atoms with Gasteiger partial charge in [-0.15, -0.1) is 23.1 Å². The molecule has 0 unspecified atom stereocenters. The van der Waals surface area contributed by atoms with E-state index in [0.29, 0.717) is 9.99 Å². The number of thioether (sulfide) groups is 1. The van der Waals surface area contributed by atoms with E-state index in [9.17, 15) is 14.4 Å². The minimum absolute atomic E-state index is 0.197. The standard InChI is InChI=1S/C13H14N2O4S2.C2H6N2O/c1-20-10-9(19-13(17)18)11(16)15-7-5-3-2-4-6-8(7)21-12(15)14-10;1-4-2(3)5/h2-6H2,1H3,(H,17,18);1H3,(H3,3,4,5). The fraction of sp³-hybridized carbons (Fsp3) is 0.467. The van der Waals surface area contributed by atoms with Gasteiger partial charge in [0.05, 0.1) is 0 Å². The summed E-state index contributed by atoms with van der Waals surface area (Å²) in [5.74, 6) is -0.197. The molecule has 2 aromatic heterocycles. The molecule has 1 aliphatic rings. The number of thiazole rings is 1. The Morgan fingerprint density at radius 3 is 2.58 bits per heavy atom. The van der Waals surface area contributed by atoms with Crippen LogP contribution in [0.25, 0.3) is 4.96 Å². The van der Waals surface area contributed by atoms with Crippen molar-refractivity contribution in [2.45, 2.75) is 37.1 Å². The van der Waals surface area contributed by atoms with Crippen LogP contribution in [0.1, 0.15) is 29.8 Å². The largest absolute Gasteiger partial charge is 0.511 e. The molecule has 2 aromatic rings. The number of nitrogens with zero attached hydrogens (tertiary/aromatic N) is 2. The quantitative estimate of drug-likeness (QED) is 0.304. The number of nitrogens with two attached hydrogens (primary N) is 1. The lowest BCUT2D eigenvalue weighted by atomic mass is 10.2. The number of carboxylic acid groups (broad SMARTS) is 1. The first kappa shape index (κ1) is 20.0. The van der Waals surface area contributed by atoms with Crippen LogP contribution in [0.2, 0.25) is 0 Å². The first-order valence-electron chi connectivity index (χ1n) is 7.88. The van der Waals surface area contributed by atoms with Gasteiger partial charge in [0, 0.05) is 17.6 Å².